The molecule has 20 heavy (non-hydrogen) atoms. The predicted molar refractivity (Wildman–Crippen MR) is 83.0 cm³/mol. The van der Waals surface area contributed by atoms with E-state index in [1.807, 2.05) is 37.3 Å². The van der Waals surface area contributed by atoms with Gasteiger partial charge in [0.25, 0.3) is 0 Å². The third kappa shape index (κ3) is 4.15. The lowest BCUT2D eigenvalue weighted by atomic mass is 9.97. The molecule has 0 spiro atoms. The minimum atomic E-state index is -0.144. The quantitative estimate of drug-likeness (QED) is 0.705. The van der Waals surface area contributed by atoms with Gasteiger partial charge >= 0.3 is 0 Å². The Hall–Kier alpha value is -1.19. The normalized spacial score (nSPS) is 12.9. The summed E-state index contributed by atoms with van der Waals surface area (Å²) >= 11 is 0. The third-order valence-electron chi connectivity index (χ3n) is 3.92. The van der Waals surface area contributed by atoms with E-state index in [0.29, 0.717) is 12.6 Å². The van der Waals surface area contributed by atoms with Crippen LogP contribution in [0.1, 0.15) is 50.4 Å². The third-order valence-corrected chi connectivity index (χ3v) is 3.92. The fourth-order valence-electron chi connectivity index (χ4n) is 2.83. The van der Waals surface area contributed by atoms with E-state index in [0.717, 1.165) is 24.8 Å². The molecule has 3 nitrogen and oxygen atoms in total. The highest BCUT2D eigenvalue weighted by molar-refractivity contribution is 6.00. The van der Waals surface area contributed by atoms with E-state index in [2.05, 4.69) is 18.7 Å². The molecule has 1 atom stereocenters. The standard InChI is InChI=1S/C17H27NO2/c1-4-15(5-2)18(12-13-19)16(6-3)17(20)14-10-8-7-9-11-14/h7-11,15-16,19H,4-6,12-13H2,1-3H3. The molecule has 1 aromatic rings. The number of aliphatic hydroxyl groups is 1. The molecule has 112 valence electrons. The van der Waals surface area contributed by atoms with Crippen molar-refractivity contribution in [2.45, 2.75) is 52.1 Å². The summed E-state index contributed by atoms with van der Waals surface area (Å²) < 4.78 is 0. The van der Waals surface area contributed by atoms with Crippen LogP contribution in [0, 0.1) is 0 Å². The molecule has 0 radical (unpaired) electrons. The lowest BCUT2D eigenvalue weighted by molar-refractivity contribution is 0.0638. The van der Waals surface area contributed by atoms with E-state index in [4.69, 9.17) is 0 Å². The van der Waals surface area contributed by atoms with Gasteiger partial charge in [-0.3, -0.25) is 9.69 Å². The van der Waals surface area contributed by atoms with Crippen molar-refractivity contribution in [3.8, 4) is 0 Å². The van der Waals surface area contributed by atoms with Gasteiger partial charge in [0.05, 0.1) is 12.6 Å². The number of Topliss-reactive ketones (excluding diaryl/α,β-unsaturated/α-hetero) is 1. The molecule has 0 saturated carbocycles. The molecule has 0 aliphatic heterocycles. The lowest BCUT2D eigenvalue weighted by Gasteiger charge is -2.36. The van der Waals surface area contributed by atoms with Gasteiger partial charge in [-0.05, 0) is 19.3 Å². The number of carbonyl (C=O) groups is 1. The molecule has 0 aliphatic rings. The maximum Gasteiger partial charge on any atom is 0.179 e. The topological polar surface area (TPSA) is 40.5 Å². The summed E-state index contributed by atoms with van der Waals surface area (Å²) in [6.07, 6.45) is 2.76. The molecule has 1 N–H and O–H groups in total. The van der Waals surface area contributed by atoms with E-state index in [1.165, 1.54) is 0 Å². The lowest BCUT2D eigenvalue weighted by Crippen LogP contribution is -2.48. The zero-order chi connectivity index (χ0) is 15.0. The van der Waals surface area contributed by atoms with Crippen molar-refractivity contribution in [3.05, 3.63) is 35.9 Å². The first-order chi connectivity index (χ1) is 9.69. The first-order valence-corrected chi connectivity index (χ1v) is 7.65. The molecule has 0 fully saturated rings. The number of rotatable bonds is 9. The summed E-state index contributed by atoms with van der Waals surface area (Å²) in [5.41, 5.74) is 0.758. The Morgan fingerprint density at radius 2 is 1.70 bits per heavy atom. The van der Waals surface area contributed by atoms with Crippen molar-refractivity contribution in [2.75, 3.05) is 13.2 Å². The van der Waals surface area contributed by atoms with Crippen LogP contribution in [0.25, 0.3) is 0 Å². The van der Waals surface area contributed by atoms with Crippen molar-refractivity contribution < 1.29 is 9.90 Å². The van der Waals surface area contributed by atoms with Crippen LogP contribution in [0.4, 0.5) is 0 Å². The molecule has 0 saturated heterocycles. The summed E-state index contributed by atoms with van der Waals surface area (Å²) in [6, 6.07) is 9.66. The highest BCUT2D eigenvalue weighted by atomic mass is 16.3. The molecule has 3 heteroatoms. The highest BCUT2D eigenvalue weighted by Gasteiger charge is 2.28. The number of hydrogen-bond donors (Lipinski definition) is 1. The van der Waals surface area contributed by atoms with Gasteiger partial charge in [-0.25, -0.2) is 0 Å². The minimum Gasteiger partial charge on any atom is -0.395 e. The van der Waals surface area contributed by atoms with Crippen LogP contribution in [0.3, 0.4) is 0 Å². The zero-order valence-corrected chi connectivity index (χ0v) is 12.9. The summed E-state index contributed by atoms with van der Waals surface area (Å²) in [7, 11) is 0. The van der Waals surface area contributed by atoms with Gasteiger partial charge in [0.2, 0.25) is 0 Å². The number of ketones is 1. The molecule has 1 unspecified atom stereocenters. The van der Waals surface area contributed by atoms with Crippen molar-refractivity contribution >= 4 is 5.78 Å². The van der Waals surface area contributed by atoms with Gasteiger partial charge in [-0.1, -0.05) is 51.1 Å². The number of benzene rings is 1. The van der Waals surface area contributed by atoms with Crippen LogP contribution in [-0.4, -0.2) is 41.0 Å². The molecule has 1 aromatic carbocycles. The molecule has 0 aromatic heterocycles. The second-order valence-corrected chi connectivity index (χ2v) is 5.09. The van der Waals surface area contributed by atoms with E-state index < -0.39 is 0 Å². The van der Waals surface area contributed by atoms with Crippen LogP contribution in [0.15, 0.2) is 30.3 Å². The second-order valence-electron chi connectivity index (χ2n) is 5.09. The van der Waals surface area contributed by atoms with Crippen LogP contribution in [0.2, 0.25) is 0 Å². The number of nitrogens with zero attached hydrogens (tertiary/aromatic N) is 1. The first kappa shape index (κ1) is 16.9. The van der Waals surface area contributed by atoms with Crippen LogP contribution in [0.5, 0.6) is 0 Å². The Morgan fingerprint density at radius 1 is 1.10 bits per heavy atom. The summed E-state index contributed by atoms with van der Waals surface area (Å²) in [4.78, 5) is 14.9. The number of carbonyl (C=O) groups excluding carboxylic acids is 1. The Bertz CT molecular complexity index is 387. The number of hydrogen-bond acceptors (Lipinski definition) is 3. The molecular formula is C17H27NO2. The fraction of sp³-hybridized carbons (Fsp3) is 0.588. The first-order valence-electron chi connectivity index (χ1n) is 7.65. The van der Waals surface area contributed by atoms with Crippen LogP contribution < -0.4 is 0 Å². The fourth-order valence-corrected chi connectivity index (χ4v) is 2.83. The van der Waals surface area contributed by atoms with Gasteiger partial charge in [-0.2, -0.15) is 0 Å². The average molecular weight is 277 g/mol. The Labute approximate surface area is 122 Å². The van der Waals surface area contributed by atoms with E-state index >= 15 is 0 Å². The predicted octanol–water partition coefficient (Wildman–Crippen LogP) is 3.13. The minimum absolute atomic E-state index is 0.0923. The van der Waals surface area contributed by atoms with Gasteiger partial charge in [0, 0.05) is 18.2 Å². The summed E-state index contributed by atoms with van der Waals surface area (Å²) in [6.45, 7) is 6.97. The van der Waals surface area contributed by atoms with Crippen molar-refractivity contribution in [1.82, 2.24) is 4.90 Å². The van der Waals surface area contributed by atoms with Crippen molar-refractivity contribution in [2.24, 2.45) is 0 Å². The molecule has 0 bridgehead atoms. The van der Waals surface area contributed by atoms with Gasteiger partial charge in [0.15, 0.2) is 5.78 Å². The molecule has 0 aliphatic carbocycles. The van der Waals surface area contributed by atoms with E-state index in [1.54, 1.807) is 0 Å². The Morgan fingerprint density at radius 3 is 2.15 bits per heavy atom. The van der Waals surface area contributed by atoms with Gasteiger partial charge < -0.3 is 5.11 Å². The maximum absolute atomic E-state index is 12.7. The Kier molecular flexibility index (Phi) is 7.48. The smallest absolute Gasteiger partial charge is 0.179 e. The molecule has 0 heterocycles. The highest BCUT2D eigenvalue weighted by Crippen LogP contribution is 2.18. The van der Waals surface area contributed by atoms with Crippen molar-refractivity contribution in [3.63, 3.8) is 0 Å². The summed E-state index contributed by atoms with van der Waals surface area (Å²) in [5, 5.41) is 9.32. The largest absolute Gasteiger partial charge is 0.395 e. The Balaban J connectivity index is 2.97. The maximum atomic E-state index is 12.7. The van der Waals surface area contributed by atoms with E-state index in [9.17, 15) is 9.90 Å². The monoisotopic (exact) mass is 277 g/mol. The molecule has 1 rings (SSSR count). The molecular weight excluding hydrogens is 250 g/mol. The van der Waals surface area contributed by atoms with Gasteiger partial charge in [-0.15, -0.1) is 0 Å². The average Bonchev–Trinajstić information content (AvgIpc) is 2.50. The van der Waals surface area contributed by atoms with Gasteiger partial charge in [0.1, 0.15) is 0 Å². The summed E-state index contributed by atoms with van der Waals surface area (Å²) in [5.74, 6) is 0.161. The second kappa shape index (κ2) is 8.88. The SMILES string of the molecule is CCC(CC)N(CCO)C(CC)C(=O)c1ccccc1. The van der Waals surface area contributed by atoms with E-state index in [-0.39, 0.29) is 18.4 Å². The van der Waals surface area contributed by atoms with Crippen LogP contribution >= 0.6 is 0 Å². The molecule has 0 amide bonds. The number of aliphatic hydroxyl groups excluding tert-OH is 1. The zero-order valence-electron chi connectivity index (χ0n) is 12.9. The van der Waals surface area contributed by atoms with Crippen LogP contribution in [-0.2, 0) is 0 Å². The van der Waals surface area contributed by atoms with Crippen molar-refractivity contribution in [1.29, 1.82) is 0 Å².